The summed E-state index contributed by atoms with van der Waals surface area (Å²) >= 11 is 0. The van der Waals surface area contributed by atoms with Crippen molar-refractivity contribution < 1.29 is 0 Å². The zero-order chi connectivity index (χ0) is 13.2. The molecule has 2 fully saturated rings. The highest BCUT2D eigenvalue weighted by Crippen LogP contribution is 2.50. The second-order valence-electron chi connectivity index (χ2n) is 6.50. The molecule has 19 heavy (non-hydrogen) atoms. The summed E-state index contributed by atoms with van der Waals surface area (Å²) in [5.41, 5.74) is 4.91. The molecule has 2 atom stereocenters. The van der Waals surface area contributed by atoms with Gasteiger partial charge in [-0.2, -0.15) is 0 Å². The van der Waals surface area contributed by atoms with Gasteiger partial charge in [0.1, 0.15) is 0 Å². The SMILES string of the molecule is CN(C)CC/C(=C1/C[C@H]2CC[C@H]1C2)c1ccccc1. The van der Waals surface area contributed by atoms with Gasteiger partial charge in [-0.1, -0.05) is 35.9 Å². The van der Waals surface area contributed by atoms with Gasteiger partial charge in [-0.3, -0.25) is 0 Å². The average molecular weight is 255 g/mol. The molecule has 1 heteroatoms. The largest absolute Gasteiger partial charge is 0.309 e. The second-order valence-corrected chi connectivity index (χ2v) is 6.50. The van der Waals surface area contributed by atoms with Crippen molar-refractivity contribution in [3.05, 3.63) is 41.5 Å². The molecule has 2 saturated carbocycles. The van der Waals surface area contributed by atoms with E-state index in [-0.39, 0.29) is 0 Å². The maximum Gasteiger partial charge on any atom is 0.00159 e. The highest BCUT2D eigenvalue weighted by Gasteiger charge is 2.36. The van der Waals surface area contributed by atoms with E-state index in [1.165, 1.54) is 37.7 Å². The molecule has 2 bridgehead atoms. The van der Waals surface area contributed by atoms with Crippen LogP contribution in [0.15, 0.2) is 35.9 Å². The number of rotatable bonds is 4. The van der Waals surface area contributed by atoms with Gasteiger partial charge in [0.15, 0.2) is 0 Å². The van der Waals surface area contributed by atoms with Gasteiger partial charge in [0.2, 0.25) is 0 Å². The van der Waals surface area contributed by atoms with Crippen molar-refractivity contribution in [3.8, 4) is 0 Å². The third-order valence-electron chi connectivity index (χ3n) is 4.86. The highest BCUT2D eigenvalue weighted by atomic mass is 15.0. The van der Waals surface area contributed by atoms with Crippen molar-refractivity contribution in [2.75, 3.05) is 20.6 Å². The third kappa shape index (κ3) is 2.76. The van der Waals surface area contributed by atoms with E-state index in [9.17, 15) is 0 Å². The summed E-state index contributed by atoms with van der Waals surface area (Å²) in [5, 5.41) is 0. The van der Waals surface area contributed by atoms with Crippen LogP contribution < -0.4 is 0 Å². The maximum atomic E-state index is 2.30. The third-order valence-corrected chi connectivity index (χ3v) is 4.86. The fourth-order valence-corrected chi connectivity index (χ4v) is 3.89. The van der Waals surface area contributed by atoms with Gasteiger partial charge in [-0.25, -0.2) is 0 Å². The molecule has 0 radical (unpaired) electrons. The lowest BCUT2D eigenvalue weighted by Crippen LogP contribution is -2.14. The van der Waals surface area contributed by atoms with Crippen molar-refractivity contribution in [3.63, 3.8) is 0 Å². The monoisotopic (exact) mass is 255 g/mol. The number of fused-ring (bicyclic) bond motifs is 2. The van der Waals surface area contributed by atoms with Crippen molar-refractivity contribution in [1.29, 1.82) is 0 Å². The minimum atomic E-state index is 0.905. The van der Waals surface area contributed by atoms with Gasteiger partial charge < -0.3 is 4.90 Å². The zero-order valence-electron chi connectivity index (χ0n) is 12.2. The Morgan fingerprint density at radius 2 is 1.95 bits per heavy atom. The van der Waals surface area contributed by atoms with Gasteiger partial charge >= 0.3 is 0 Å². The first kappa shape index (κ1) is 12.9. The van der Waals surface area contributed by atoms with Crippen LogP contribution in [0.25, 0.3) is 5.57 Å². The molecule has 2 aliphatic carbocycles. The lowest BCUT2D eigenvalue weighted by Gasteiger charge is -2.21. The Hall–Kier alpha value is -1.08. The molecule has 0 saturated heterocycles. The summed E-state index contributed by atoms with van der Waals surface area (Å²) in [7, 11) is 4.35. The smallest absolute Gasteiger partial charge is 0.00159 e. The Labute approximate surface area is 117 Å². The van der Waals surface area contributed by atoms with Gasteiger partial charge in [-0.15, -0.1) is 0 Å². The molecule has 1 nitrogen and oxygen atoms in total. The van der Waals surface area contributed by atoms with Gasteiger partial charge in [0.05, 0.1) is 0 Å². The molecule has 0 unspecified atom stereocenters. The predicted molar refractivity (Wildman–Crippen MR) is 82.0 cm³/mol. The minimum absolute atomic E-state index is 0.905. The molecular weight excluding hydrogens is 230 g/mol. The molecule has 0 amide bonds. The van der Waals surface area contributed by atoms with Crippen LogP contribution in [0.3, 0.4) is 0 Å². The Balaban J connectivity index is 1.90. The molecule has 0 aliphatic heterocycles. The normalized spacial score (nSPS) is 28.2. The van der Waals surface area contributed by atoms with Crippen LogP contribution in [0.5, 0.6) is 0 Å². The lowest BCUT2D eigenvalue weighted by molar-refractivity contribution is 0.418. The zero-order valence-corrected chi connectivity index (χ0v) is 12.2. The number of hydrogen-bond donors (Lipinski definition) is 0. The molecule has 0 aromatic heterocycles. The topological polar surface area (TPSA) is 3.24 Å². The molecule has 0 spiro atoms. The summed E-state index contributed by atoms with van der Waals surface area (Å²) in [6.07, 6.45) is 6.97. The highest BCUT2D eigenvalue weighted by molar-refractivity contribution is 5.70. The number of benzene rings is 1. The Morgan fingerprint density at radius 3 is 2.53 bits per heavy atom. The number of allylic oxidation sites excluding steroid dienone is 1. The van der Waals surface area contributed by atoms with Gasteiger partial charge in [0, 0.05) is 6.54 Å². The standard InChI is InChI=1S/C18H25N/c1-19(2)11-10-17(15-6-4-3-5-7-15)18-13-14-8-9-16(18)12-14/h3-7,14,16H,8-13H2,1-2H3/b18-17+/t14-,16-/m0/s1. The fraction of sp³-hybridized carbons (Fsp3) is 0.556. The molecule has 102 valence electrons. The van der Waals surface area contributed by atoms with Crippen LogP contribution in [0.1, 0.15) is 37.7 Å². The van der Waals surface area contributed by atoms with Gasteiger partial charge in [-0.05, 0) is 69.2 Å². The van der Waals surface area contributed by atoms with E-state index in [0.29, 0.717) is 0 Å². The molecule has 1 aromatic rings. The molecular formula is C18H25N. The van der Waals surface area contributed by atoms with Crippen LogP contribution in [0, 0.1) is 11.8 Å². The van der Waals surface area contributed by atoms with Crippen molar-refractivity contribution >= 4 is 5.57 Å². The van der Waals surface area contributed by atoms with Crippen LogP contribution in [-0.4, -0.2) is 25.5 Å². The number of nitrogens with zero attached hydrogens (tertiary/aromatic N) is 1. The summed E-state index contributed by atoms with van der Waals surface area (Å²) in [6.45, 7) is 1.16. The quantitative estimate of drug-likeness (QED) is 0.779. The van der Waals surface area contributed by atoms with Crippen LogP contribution in [-0.2, 0) is 0 Å². The van der Waals surface area contributed by atoms with E-state index in [2.05, 4.69) is 49.3 Å². The average Bonchev–Trinajstić information content (AvgIpc) is 3.02. The maximum absolute atomic E-state index is 2.30. The van der Waals surface area contributed by atoms with Crippen LogP contribution in [0.4, 0.5) is 0 Å². The van der Waals surface area contributed by atoms with E-state index in [0.717, 1.165) is 18.4 Å². The van der Waals surface area contributed by atoms with Crippen molar-refractivity contribution in [1.82, 2.24) is 4.90 Å². The molecule has 1 aromatic carbocycles. The van der Waals surface area contributed by atoms with E-state index >= 15 is 0 Å². The van der Waals surface area contributed by atoms with Gasteiger partial charge in [0.25, 0.3) is 0 Å². The first-order chi connectivity index (χ1) is 9.24. The Kier molecular flexibility index (Phi) is 3.74. The van der Waals surface area contributed by atoms with Crippen molar-refractivity contribution in [2.24, 2.45) is 11.8 Å². The fourth-order valence-electron chi connectivity index (χ4n) is 3.89. The van der Waals surface area contributed by atoms with E-state index in [4.69, 9.17) is 0 Å². The number of hydrogen-bond acceptors (Lipinski definition) is 1. The minimum Gasteiger partial charge on any atom is -0.309 e. The predicted octanol–water partition coefficient (Wildman–Crippen LogP) is 4.21. The Bertz CT molecular complexity index is 458. The molecule has 2 aliphatic rings. The van der Waals surface area contributed by atoms with Crippen LogP contribution in [0.2, 0.25) is 0 Å². The lowest BCUT2D eigenvalue weighted by atomic mass is 9.86. The second kappa shape index (κ2) is 5.50. The van der Waals surface area contributed by atoms with E-state index < -0.39 is 0 Å². The summed E-state index contributed by atoms with van der Waals surface area (Å²) in [4.78, 5) is 2.30. The summed E-state index contributed by atoms with van der Waals surface area (Å²) in [6, 6.07) is 11.1. The molecule has 0 N–H and O–H groups in total. The molecule has 3 rings (SSSR count). The molecule has 0 heterocycles. The first-order valence-electron chi connectivity index (χ1n) is 7.66. The van der Waals surface area contributed by atoms with Crippen LogP contribution >= 0.6 is 0 Å². The summed E-state index contributed by atoms with van der Waals surface area (Å²) in [5.74, 6) is 1.90. The van der Waals surface area contributed by atoms with E-state index in [1.807, 2.05) is 0 Å². The summed E-state index contributed by atoms with van der Waals surface area (Å²) < 4.78 is 0. The van der Waals surface area contributed by atoms with E-state index in [1.54, 1.807) is 11.1 Å². The first-order valence-corrected chi connectivity index (χ1v) is 7.66. The van der Waals surface area contributed by atoms with Crippen molar-refractivity contribution in [2.45, 2.75) is 32.1 Å². The Morgan fingerprint density at radius 1 is 1.16 bits per heavy atom.